The smallest absolute Gasteiger partial charge is 0.226 e. The number of methoxy groups -OCH3 is 1. The first kappa shape index (κ1) is 13.1. The molecule has 0 bridgehead atoms. The van der Waals surface area contributed by atoms with Crippen LogP contribution >= 0.6 is 0 Å². The number of aryl methyl sites for hydroxylation is 1. The van der Waals surface area contributed by atoms with Gasteiger partial charge < -0.3 is 15.0 Å². The summed E-state index contributed by atoms with van der Waals surface area (Å²) in [4.78, 5) is 11.1. The highest BCUT2D eigenvalue weighted by Crippen LogP contribution is 2.17. The molecule has 0 aromatic carbocycles. The zero-order chi connectivity index (χ0) is 13.0. The van der Waals surface area contributed by atoms with Gasteiger partial charge in [-0.05, 0) is 32.4 Å². The molecule has 0 radical (unpaired) electrons. The summed E-state index contributed by atoms with van der Waals surface area (Å²) >= 11 is 0. The minimum atomic E-state index is 0.617. The monoisotopic (exact) mass is 250 g/mol. The third-order valence-electron chi connectivity index (χ3n) is 3.41. The highest BCUT2D eigenvalue weighted by Gasteiger charge is 2.20. The molecule has 1 saturated heterocycles. The summed E-state index contributed by atoms with van der Waals surface area (Å²) < 4.78 is 5.14. The van der Waals surface area contributed by atoms with E-state index in [-0.39, 0.29) is 0 Å². The Morgan fingerprint density at radius 3 is 3.00 bits per heavy atom. The van der Waals surface area contributed by atoms with E-state index in [0.29, 0.717) is 17.7 Å². The van der Waals surface area contributed by atoms with Crippen LogP contribution in [0.1, 0.15) is 19.0 Å². The van der Waals surface area contributed by atoms with Gasteiger partial charge in [-0.2, -0.15) is 4.98 Å². The van der Waals surface area contributed by atoms with Crippen molar-refractivity contribution in [2.45, 2.75) is 20.3 Å². The van der Waals surface area contributed by atoms with Gasteiger partial charge in [0.2, 0.25) is 11.8 Å². The summed E-state index contributed by atoms with van der Waals surface area (Å²) in [5.41, 5.74) is 0.922. The topological polar surface area (TPSA) is 50.3 Å². The van der Waals surface area contributed by atoms with Crippen LogP contribution in [0, 0.1) is 12.8 Å². The van der Waals surface area contributed by atoms with Crippen molar-refractivity contribution < 1.29 is 4.74 Å². The summed E-state index contributed by atoms with van der Waals surface area (Å²) in [5.74, 6) is 1.98. The summed E-state index contributed by atoms with van der Waals surface area (Å²) in [6.45, 7) is 8.62. The molecule has 18 heavy (non-hydrogen) atoms. The number of ether oxygens (including phenoxy) is 1. The normalized spacial score (nSPS) is 20.1. The molecule has 100 valence electrons. The number of likely N-dealkylation sites (tertiary alicyclic amines) is 1. The molecule has 1 aromatic rings. The Hall–Kier alpha value is -1.36. The van der Waals surface area contributed by atoms with E-state index in [1.165, 1.54) is 19.5 Å². The Balaban J connectivity index is 1.88. The molecule has 1 unspecified atom stereocenters. The molecule has 5 nitrogen and oxygen atoms in total. The van der Waals surface area contributed by atoms with E-state index in [0.717, 1.165) is 18.8 Å². The van der Waals surface area contributed by atoms with E-state index in [1.807, 2.05) is 13.0 Å². The third kappa shape index (κ3) is 3.32. The van der Waals surface area contributed by atoms with Gasteiger partial charge in [0.15, 0.2) is 0 Å². The molecule has 0 amide bonds. The molecule has 1 aliphatic heterocycles. The molecular weight excluding hydrogens is 228 g/mol. The molecule has 5 heteroatoms. The second-order valence-corrected chi connectivity index (χ2v) is 4.80. The van der Waals surface area contributed by atoms with Crippen LogP contribution in [-0.2, 0) is 0 Å². The van der Waals surface area contributed by atoms with Crippen molar-refractivity contribution in [3.05, 3.63) is 11.8 Å². The van der Waals surface area contributed by atoms with Gasteiger partial charge in [0.25, 0.3) is 0 Å². The van der Waals surface area contributed by atoms with E-state index in [9.17, 15) is 0 Å². The lowest BCUT2D eigenvalue weighted by Gasteiger charge is -2.14. The highest BCUT2D eigenvalue weighted by molar-refractivity contribution is 5.30. The minimum Gasteiger partial charge on any atom is -0.481 e. The van der Waals surface area contributed by atoms with E-state index in [1.54, 1.807) is 7.11 Å². The van der Waals surface area contributed by atoms with Gasteiger partial charge in [0.05, 0.1) is 7.11 Å². The average Bonchev–Trinajstić information content (AvgIpc) is 2.83. The Morgan fingerprint density at radius 2 is 2.33 bits per heavy atom. The number of hydrogen-bond donors (Lipinski definition) is 1. The zero-order valence-electron chi connectivity index (χ0n) is 11.4. The Bertz CT molecular complexity index is 397. The highest BCUT2D eigenvalue weighted by atomic mass is 16.5. The minimum absolute atomic E-state index is 0.617. The number of hydrogen-bond acceptors (Lipinski definition) is 5. The quantitative estimate of drug-likeness (QED) is 0.859. The second-order valence-electron chi connectivity index (χ2n) is 4.80. The molecular formula is C13H22N4O. The van der Waals surface area contributed by atoms with Gasteiger partial charge >= 0.3 is 0 Å². The van der Waals surface area contributed by atoms with Crippen LogP contribution in [0.3, 0.4) is 0 Å². The predicted octanol–water partition coefficient (Wildman–Crippen LogP) is 1.55. The number of nitrogens with zero attached hydrogens (tertiary/aromatic N) is 3. The molecule has 1 N–H and O–H groups in total. The summed E-state index contributed by atoms with van der Waals surface area (Å²) in [7, 11) is 1.63. The molecule has 1 fully saturated rings. The lowest BCUT2D eigenvalue weighted by atomic mass is 10.1. The first-order valence-electron chi connectivity index (χ1n) is 6.57. The van der Waals surface area contributed by atoms with Crippen LogP contribution < -0.4 is 10.1 Å². The first-order chi connectivity index (χ1) is 8.71. The Labute approximate surface area is 109 Å². The van der Waals surface area contributed by atoms with Crippen molar-refractivity contribution in [1.82, 2.24) is 14.9 Å². The van der Waals surface area contributed by atoms with Crippen LogP contribution in [0.5, 0.6) is 5.88 Å². The zero-order valence-corrected chi connectivity index (χ0v) is 11.4. The standard InChI is InChI=1S/C13H22N4O/c1-4-17-6-5-11(9-17)8-14-13-15-10(2)7-12(16-13)18-3/h7,11H,4-6,8-9H2,1-3H3,(H,14,15,16). The van der Waals surface area contributed by atoms with E-state index in [4.69, 9.17) is 4.74 Å². The average molecular weight is 250 g/mol. The van der Waals surface area contributed by atoms with Crippen LogP contribution in [0.2, 0.25) is 0 Å². The van der Waals surface area contributed by atoms with Crippen molar-refractivity contribution in [1.29, 1.82) is 0 Å². The molecule has 2 rings (SSSR count). The molecule has 0 saturated carbocycles. The van der Waals surface area contributed by atoms with Gasteiger partial charge in [-0.3, -0.25) is 0 Å². The summed E-state index contributed by atoms with van der Waals surface area (Å²) in [5, 5.41) is 3.32. The SMILES string of the molecule is CCN1CCC(CNc2nc(C)cc(OC)n2)C1. The molecule has 0 aliphatic carbocycles. The van der Waals surface area contributed by atoms with Crippen LogP contribution in [0.4, 0.5) is 5.95 Å². The van der Waals surface area contributed by atoms with Crippen molar-refractivity contribution in [3.8, 4) is 5.88 Å². The predicted molar refractivity (Wildman–Crippen MR) is 72.0 cm³/mol. The Morgan fingerprint density at radius 1 is 1.50 bits per heavy atom. The maximum Gasteiger partial charge on any atom is 0.226 e. The molecule has 0 spiro atoms. The largest absolute Gasteiger partial charge is 0.481 e. The van der Waals surface area contributed by atoms with E-state index >= 15 is 0 Å². The van der Waals surface area contributed by atoms with Crippen molar-refractivity contribution >= 4 is 5.95 Å². The maximum absolute atomic E-state index is 5.14. The molecule has 1 atom stereocenters. The fourth-order valence-electron chi connectivity index (χ4n) is 2.33. The third-order valence-corrected chi connectivity index (χ3v) is 3.41. The van der Waals surface area contributed by atoms with Gasteiger partial charge in [-0.25, -0.2) is 4.98 Å². The number of rotatable bonds is 5. The van der Waals surface area contributed by atoms with Crippen molar-refractivity contribution in [2.24, 2.45) is 5.92 Å². The fraction of sp³-hybridized carbons (Fsp3) is 0.692. The van der Waals surface area contributed by atoms with Crippen molar-refractivity contribution in [2.75, 3.05) is 38.6 Å². The number of aromatic nitrogens is 2. The van der Waals surface area contributed by atoms with Gasteiger partial charge in [0, 0.05) is 24.8 Å². The van der Waals surface area contributed by atoms with Gasteiger partial charge in [0.1, 0.15) is 0 Å². The summed E-state index contributed by atoms with van der Waals surface area (Å²) in [6.07, 6.45) is 1.25. The second kappa shape index (κ2) is 6.00. The fourth-order valence-corrected chi connectivity index (χ4v) is 2.33. The number of anilines is 1. The van der Waals surface area contributed by atoms with E-state index in [2.05, 4.69) is 27.1 Å². The first-order valence-corrected chi connectivity index (χ1v) is 6.57. The van der Waals surface area contributed by atoms with Crippen LogP contribution in [-0.4, -0.2) is 48.2 Å². The molecule has 1 aromatic heterocycles. The lowest BCUT2D eigenvalue weighted by molar-refractivity contribution is 0.344. The number of nitrogens with one attached hydrogen (secondary N) is 1. The van der Waals surface area contributed by atoms with E-state index < -0.39 is 0 Å². The maximum atomic E-state index is 5.14. The molecule has 1 aliphatic rings. The summed E-state index contributed by atoms with van der Waals surface area (Å²) in [6, 6.07) is 1.83. The van der Waals surface area contributed by atoms with Crippen LogP contribution in [0.15, 0.2) is 6.07 Å². The lowest BCUT2D eigenvalue weighted by Crippen LogP contribution is -2.23. The van der Waals surface area contributed by atoms with Crippen molar-refractivity contribution in [3.63, 3.8) is 0 Å². The Kier molecular flexibility index (Phi) is 4.36. The molecule has 2 heterocycles. The van der Waals surface area contributed by atoms with Gasteiger partial charge in [-0.1, -0.05) is 6.92 Å². The van der Waals surface area contributed by atoms with Crippen LogP contribution in [0.25, 0.3) is 0 Å². The van der Waals surface area contributed by atoms with Gasteiger partial charge in [-0.15, -0.1) is 0 Å².